The quantitative estimate of drug-likeness (QED) is 0.368. The van der Waals surface area contributed by atoms with Crippen LogP contribution in [0.5, 0.6) is 11.5 Å². The number of aromatic amines is 1. The fourth-order valence-corrected chi connectivity index (χ4v) is 4.14. The molecule has 7 nitrogen and oxygen atoms in total. The first-order valence-electron chi connectivity index (χ1n) is 10.2. The van der Waals surface area contributed by atoms with Gasteiger partial charge in [0, 0.05) is 17.2 Å². The third-order valence-corrected chi connectivity index (χ3v) is 5.73. The number of carbonyl (C=O) groups excluding carboxylic acids is 3. The molecule has 1 saturated heterocycles. The molecule has 162 valence electrons. The van der Waals surface area contributed by atoms with Crippen molar-refractivity contribution in [3.8, 4) is 11.5 Å². The zero-order valence-electron chi connectivity index (χ0n) is 17.7. The third kappa shape index (κ3) is 3.85. The van der Waals surface area contributed by atoms with Crippen LogP contribution in [0.3, 0.4) is 0 Å². The lowest BCUT2D eigenvalue weighted by Crippen LogP contribution is -2.30. The van der Waals surface area contributed by atoms with Crippen molar-refractivity contribution < 1.29 is 29.2 Å². The molecule has 0 radical (unpaired) electrons. The van der Waals surface area contributed by atoms with Crippen LogP contribution in [0.15, 0.2) is 67.0 Å². The second kappa shape index (κ2) is 8.63. The molecule has 2 N–H and O–H groups in total. The number of H-pyrrole nitrogens is 1. The first-order chi connectivity index (χ1) is 15.4. The molecule has 0 bridgehead atoms. The van der Waals surface area contributed by atoms with Gasteiger partial charge < -0.3 is 14.7 Å². The summed E-state index contributed by atoms with van der Waals surface area (Å²) in [4.78, 5) is 44.0. The molecule has 3 aromatic rings. The van der Waals surface area contributed by atoms with Crippen molar-refractivity contribution in [2.45, 2.75) is 19.5 Å². The van der Waals surface area contributed by atoms with Gasteiger partial charge in [-0.05, 0) is 54.4 Å². The van der Waals surface area contributed by atoms with Gasteiger partial charge in [-0.1, -0.05) is 12.1 Å². The predicted molar refractivity (Wildman–Crippen MR) is 115 cm³/mol. The Hall–Kier alpha value is -4.00. The number of hydrogen-bond donors (Lipinski definition) is 1. The Morgan fingerprint density at radius 2 is 1.88 bits per heavy atom. The summed E-state index contributed by atoms with van der Waals surface area (Å²) >= 11 is 0. The highest BCUT2D eigenvalue weighted by atomic mass is 16.5. The highest BCUT2D eigenvalue weighted by Crippen LogP contribution is 2.39. The Balaban J connectivity index is 1.77. The average molecular weight is 431 g/mol. The van der Waals surface area contributed by atoms with Crippen LogP contribution in [0.2, 0.25) is 0 Å². The lowest BCUT2D eigenvalue weighted by molar-refractivity contribution is -0.378. The summed E-state index contributed by atoms with van der Waals surface area (Å²) in [5, 5.41) is 9.71. The van der Waals surface area contributed by atoms with E-state index < -0.39 is 29.4 Å². The number of benzene rings is 2. The van der Waals surface area contributed by atoms with Crippen LogP contribution in [0.25, 0.3) is 0 Å². The molecule has 7 heteroatoms. The summed E-state index contributed by atoms with van der Waals surface area (Å²) in [6.07, 6.45) is 3.49. The Bertz CT molecular complexity index is 1170. The molecule has 2 atom stereocenters. The second-order valence-electron chi connectivity index (χ2n) is 7.77. The number of rotatable bonds is 6. The molecule has 0 saturated carbocycles. The molecule has 4 rings (SSSR count). The smallest absolute Gasteiger partial charge is 0.291 e. The van der Waals surface area contributed by atoms with Crippen LogP contribution < -0.4 is 9.72 Å². The van der Waals surface area contributed by atoms with Crippen LogP contribution in [0, 0.1) is 12.8 Å². The standard InChI is InChI=1S/C25H22N2O5/c1-15-12-18(7-10-20(15)32-2)23(29)21-22(17-5-8-19(28)9-6-17)27(25(31)24(21)30)14-16-4-3-11-26-13-16/h3-13,21-22,28H,14H2,1-2H3/p+1. The molecule has 1 aliphatic heterocycles. The number of phenols is 1. The number of carbonyl (C=O) groups is 3. The Morgan fingerprint density at radius 1 is 1.12 bits per heavy atom. The normalized spacial score (nSPS) is 18.1. The summed E-state index contributed by atoms with van der Waals surface area (Å²) in [5.41, 5.74) is 2.50. The van der Waals surface area contributed by atoms with Crippen molar-refractivity contribution in [1.82, 2.24) is 4.90 Å². The van der Waals surface area contributed by atoms with Gasteiger partial charge in [0.15, 0.2) is 18.2 Å². The maximum absolute atomic E-state index is 13.5. The van der Waals surface area contributed by atoms with Crippen LogP contribution in [-0.2, 0) is 16.1 Å². The highest BCUT2D eigenvalue weighted by Gasteiger charge is 2.51. The molecule has 1 amide bonds. The number of Topliss-reactive ketones (excluding diaryl/α,β-unsaturated/α-hetero) is 2. The van der Waals surface area contributed by atoms with Crippen molar-refractivity contribution in [2.75, 3.05) is 7.11 Å². The van der Waals surface area contributed by atoms with E-state index >= 15 is 0 Å². The van der Waals surface area contributed by atoms with Gasteiger partial charge >= 0.3 is 0 Å². The molecular weight excluding hydrogens is 408 g/mol. The lowest BCUT2D eigenvalue weighted by atomic mass is 9.86. The molecule has 1 aromatic heterocycles. The van der Waals surface area contributed by atoms with E-state index in [2.05, 4.69) is 4.98 Å². The van der Waals surface area contributed by atoms with E-state index in [1.54, 1.807) is 55.9 Å². The zero-order chi connectivity index (χ0) is 22.8. The van der Waals surface area contributed by atoms with E-state index in [0.29, 0.717) is 16.9 Å². The topological polar surface area (TPSA) is 98.1 Å². The van der Waals surface area contributed by atoms with Gasteiger partial charge in [-0.3, -0.25) is 14.4 Å². The summed E-state index contributed by atoms with van der Waals surface area (Å²) in [6.45, 7) is 1.98. The Morgan fingerprint density at radius 3 is 2.50 bits per heavy atom. The van der Waals surface area contributed by atoms with E-state index in [1.807, 2.05) is 13.0 Å². The molecule has 1 fully saturated rings. The van der Waals surface area contributed by atoms with Crippen LogP contribution >= 0.6 is 0 Å². The maximum atomic E-state index is 13.5. The SMILES string of the molecule is COc1ccc(C(=O)C2C(=O)C(=O)N(Cc3ccc[nH+]c3)C2c2ccc(O)cc2)cc1C. The van der Waals surface area contributed by atoms with Crippen LogP contribution in [-0.4, -0.2) is 34.6 Å². The van der Waals surface area contributed by atoms with Gasteiger partial charge in [-0.15, -0.1) is 0 Å². The lowest BCUT2D eigenvalue weighted by Gasteiger charge is -2.27. The monoisotopic (exact) mass is 431 g/mol. The number of pyridine rings is 1. The molecule has 1 aliphatic rings. The third-order valence-electron chi connectivity index (χ3n) is 5.73. The van der Waals surface area contributed by atoms with Crippen molar-refractivity contribution in [3.63, 3.8) is 0 Å². The number of nitrogens with zero attached hydrogens (tertiary/aromatic N) is 1. The largest absolute Gasteiger partial charge is 0.508 e. The number of likely N-dealkylation sites (tertiary alicyclic amines) is 1. The Kier molecular flexibility index (Phi) is 5.73. The number of hydrogen-bond acceptors (Lipinski definition) is 5. The first kappa shape index (κ1) is 21.2. The molecule has 0 aliphatic carbocycles. The minimum Gasteiger partial charge on any atom is -0.508 e. The molecule has 2 unspecified atom stereocenters. The molecule has 0 spiro atoms. The van der Waals surface area contributed by atoms with E-state index in [9.17, 15) is 19.5 Å². The van der Waals surface area contributed by atoms with E-state index in [1.165, 1.54) is 17.0 Å². The van der Waals surface area contributed by atoms with Crippen molar-refractivity contribution in [1.29, 1.82) is 0 Å². The fourth-order valence-electron chi connectivity index (χ4n) is 4.14. The summed E-state index contributed by atoms with van der Waals surface area (Å²) in [7, 11) is 1.54. The molecule has 2 heterocycles. The fraction of sp³-hybridized carbons (Fsp3) is 0.200. The van der Waals surface area contributed by atoms with Gasteiger partial charge in [0.25, 0.3) is 5.91 Å². The maximum Gasteiger partial charge on any atom is 0.291 e. The number of ether oxygens (including phenoxy) is 1. The van der Waals surface area contributed by atoms with Crippen LogP contribution in [0.4, 0.5) is 0 Å². The summed E-state index contributed by atoms with van der Waals surface area (Å²) in [5.74, 6) is -2.35. The average Bonchev–Trinajstić information content (AvgIpc) is 3.04. The second-order valence-corrected chi connectivity index (χ2v) is 7.77. The molecular formula is C25H23N2O5+. The van der Waals surface area contributed by atoms with E-state index in [-0.39, 0.29) is 12.3 Å². The van der Waals surface area contributed by atoms with Crippen LogP contribution in [0.1, 0.15) is 33.1 Å². The highest BCUT2D eigenvalue weighted by molar-refractivity contribution is 6.44. The van der Waals surface area contributed by atoms with Crippen molar-refractivity contribution >= 4 is 17.5 Å². The summed E-state index contributed by atoms with van der Waals surface area (Å²) in [6, 6.07) is 14.0. The van der Waals surface area contributed by atoms with Gasteiger partial charge in [0.05, 0.1) is 19.7 Å². The van der Waals surface area contributed by atoms with Gasteiger partial charge in [-0.2, -0.15) is 0 Å². The zero-order valence-corrected chi connectivity index (χ0v) is 17.7. The van der Waals surface area contributed by atoms with Gasteiger partial charge in [-0.25, -0.2) is 4.98 Å². The number of nitrogens with one attached hydrogen (secondary N) is 1. The number of aryl methyl sites for hydroxylation is 1. The molecule has 32 heavy (non-hydrogen) atoms. The minimum atomic E-state index is -1.19. The number of phenolic OH excluding ortho intramolecular Hbond substituents is 1. The molecule has 2 aromatic carbocycles. The van der Waals surface area contributed by atoms with E-state index in [4.69, 9.17) is 4.74 Å². The summed E-state index contributed by atoms with van der Waals surface area (Å²) < 4.78 is 5.26. The number of ketones is 2. The number of aromatic nitrogens is 1. The van der Waals surface area contributed by atoms with E-state index in [0.717, 1.165) is 11.1 Å². The number of methoxy groups -OCH3 is 1. The van der Waals surface area contributed by atoms with Crippen molar-refractivity contribution in [3.05, 3.63) is 89.2 Å². The number of amides is 1. The minimum absolute atomic E-state index is 0.0577. The first-order valence-corrected chi connectivity index (χ1v) is 10.2. The Labute approximate surface area is 185 Å². The number of aromatic hydroxyl groups is 1. The predicted octanol–water partition coefficient (Wildman–Crippen LogP) is 2.68. The van der Waals surface area contributed by atoms with Gasteiger partial charge in [0.2, 0.25) is 5.78 Å². The van der Waals surface area contributed by atoms with Gasteiger partial charge in [0.1, 0.15) is 17.4 Å². The van der Waals surface area contributed by atoms with Crippen molar-refractivity contribution in [2.24, 2.45) is 5.92 Å².